The summed E-state index contributed by atoms with van der Waals surface area (Å²) in [5, 5.41) is 0. The number of para-hydroxylation sites is 1. The van der Waals surface area contributed by atoms with Crippen molar-refractivity contribution in [2.24, 2.45) is 0 Å². The van der Waals surface area contributed by atoms with Crippen molar-refractivity contribution >= 4 is 5.97 Å². The van der Waals surface area contributed by atoms with Gasteiger partial charge in [-0.1, -0.05) is 6.07 Å². The van der Waals surface area contributed by atoms with Crippen LogP contribution in [-0.4, -0.2) is 15.5 Å². The van der Waals surface area contributed by atoms with Crippen LogP contribution in [-0.2, 0) is 15.1 Å². The van der Waals surface area contributed by atoms with Crippen molar-refractivity contribution in [3.63, 3.8) is 0 Å². The maximum atomic E-state index is 14.7. The molecule has 0 saturated heterocycles. The monoisotopic (exact) mass is 484 g/mol. The van der Waals surface area contributed by atoms with Crippen LogP contribution in [0.2, 0.25) is 0 Å². The Labute approximate surface area is 195 Å². The number of hydrogen-bond acceptors (Lipinski definition) is 5. The molecule has 0 atom stereocenters. The van der Waals surface area contributed by atoms with Gasteiger partial charge < -0.3 is 9.15 Å². The van der Waals surface area contributed by atoms with E-state index in [-0.39, 0.29) is 28.5 Å². The summed E-state index contributed by atoms with van der Waals surface area (Å²) in [6.07, 6.45) is 1.96. The Bertz CT molecular complexity index is 1520. The van der Waals surface area contributed by atoms with E-state index < -0.39 is 46.1 Å². The van der Waals surface area contributed by atoms with E-state index in [1.807, 2.05) is 0 Å². The lowest BCUT2D eigenvalue weighted by Crippen LogP contribution is -2.19. The standard InChI is InChI=1S/C25H16F4N2O4/c1-13(32)35-25(9-10-25)24-30-21(16-7-6-15(26)11-19(16)29)23(34-24)14-5-8-20(33)31(12-14)22-17(27)3-2-4-18(22)28/h2-8,11-12H,9-10H2,1H3. The van der Waals surface area contributed by atoms with Crippen molar-refractivity contribution in [3.05, 3.63) is 94.2 Å². The van der Waals surface area contributed by atoms with Crippen molar-refractivity contribution < 1.29 is 31.5 Å². The Hall–Kier alpha value is -4.21. The van der Waals surface area contributed by atoms with Gasteiger partial charge in [0.2, 0.25) is 5.89 Å². The number of benzene rings is 2. The van der Waals surface area contributed by atoms with Crippen molar-refractivity contribution in [2.75, 3.05) is 0 Å². The summed E-state index contributed by atoms with van der Waals surface area (Å²) in [6.45, 7) is 1.23. The second kappa shape index (κ2) is 8.23. The number of hydrogen-bond donors (Lipinski definition) is 0. The molecule has 2 aromatic carbocycles. The molecule has 0 N–H and O–H groups in total. The summed E-state index contributed by atoms with van der Waals surface area (Å²) in [6, 6.07) is 8.40. The van der Waals surface area contributed by atoms with E-state index in [1.54, 1.807) is 0 Å². The molecule has 0 aliphatic heterocycles. The molecule has 0 spiro atoms. The molecular formula is C25H16F4N2O4. The highest BCUT2D eigenvalue weighted by Crippen LogP contribution is 2.51. The summed E-state index contributed by atoms with van der Waals surface area (Å²) < 4.78 is 69.1. The SMILES string of the molecule is CC(=O)OC1(c2nc(-c3ccc(F)cc3F)c(-c3ccc(=O)n(-c4c(F)cccc4F)c3)o2)CC1. The van der Waals surface area contributed by atoms with Gasteiger partial charge in [-0.25, -0.2) is 22.5 Å². The summed E-state index contributed by atoms with van der Waals surface area (Å²) in [4.78, 5) is 28.4. The van der Waals surface area contributed by atoms with Crippen LogP contribution in [0.4, 0.5) is 17.6 Å². The molecule has 10 heteroatoms. The van der Waals surface area contributed by atoms with Crippen LogP contribution in [0.15, 0.2) is 63.9 Å². The maximum absolute atomic E-state index is 14.7. The van der Waals surface area contributed by atoms with E-state index in [4.69, 9.17) is 9.15 Å². The normalized spacial score (nSPS) is 14.1. The Morgan fingerprint density at radius 1 is 1.03 bits per heavy atom. The van der Waals surface area contributed by atoms with E-state index in [1.165, 1.54) is 13.0 Å². The molecule has 0 unspecified atom stereocenters. The average molecular weight is 484 g/mol. The van der Waals surface area contributed by atoms with E-state index in [0.717, 1.165) is 47.2 Å². The third kappa shape index (κ3) is 4.01. The summed E-state index contributed by atoms with van der Waals surface area (Å²) >= 11 is 0. The van der Waals surface area contributed by atoms with Crippen LogP contribution in [0.3, 0.4) is 0 Å². The number of nitrogens with zero attached hydrogens (tertiary/aromatic N) is 2. The zero-order valence-corrected chi connectivity index (χ0v) is 18.1. The molecule has 0 amide bonds. The second-order valence-electron chi connectivity index (χ2n) is 8.11. The van der Waals surface area contributed by atoms with Crippen LogP contribution in [0.25, 0.3) is 28.3 Å². The maximum Gasteiger partial charge on any atom is 0.303 e. The van der Waals surface area contributed by atoms with Gasteiger partial charge in [-0.2, -0.15) is 0 Å². The zero-order valence-electron chi connectivity index (χ0n) is 18.1. The second-order valence-corrected chi connectivity index (χ2v) is 8.11. The Balaban J connectivity index is 1.73. The molecule has 2 heterocycles. The molecule has 1 fully saturated rings. The van der Waals surface area contributed by atoms with Crippen LogP contribution in [0, 0.1) is 23.3 Å². The summed E-state index contributed by atoms with van der Waals surface area (Å²) in [7, 11) is 0. The molecule has 0 bridgehead atoms. The number of aromatic nitrogens is 2. The van der Waals surface area contributed by atoms with Crippen LogP contribution in [0.5, 0.6) is 0 Å². The van der Waals surface area contributed by atoms with E-state index in [9.17, 15) is 27.2 Å². The van der Waals surface area contributed by atoms with Crippen LogP contribution in [0.1, 0.15) is 25.7 Å². The highest BCUT2D eigenvalue weighted by atomic mass is 19.1. The molecule has 4 aromatic rings. The molecule has 178 valence electrons. The van der Waals surface area contributed by atoms with Crippen molar-refractivity contribution in [2.45, 2.75) is 25.4 Å². The van der Waals surface area contributed by atoms with E-state index >= 15 is 0 Å². The lowest BCUT2D eigenvalue weighted by Gasteiger charge is -2.11. The lowest BCUT2D eigenvalue weighted by atomic mass is 10.1. The first-order valence-corrected chi connectivity index (χ1v) is 10.5. The smallest absolute Gasteiger partial charge is 0.303 e. The largest absolute Gasteiger partial charge is 0.449 e. The quantitative estimate of drug-likeness (QED) is 0.285. The highest BCUT2D eigenvalue weighted by Gasteiger charge is 2.53. The third-order valence-electron chi connectivity index (χ3n) is 5.60. The summed E-state index contributed by atoms with van der Waals surface area (Å²) in [5.41, 5.74) is -2.53. The number of halogens is 4. The fourth-order valence-electron chi connectivity index (χ4n) is 3.84. The number of carbonyl (C=O) groups excluding carboxylic acids is 1. The fraction of sp³-hybridized carbons (Fsp3) is 0.160. The van der Waals surface area contributed by atoms with Crippen molar-refractivity contribution in [3.8, 4) is 28.3 Å². The molecule has 0 radical (unpaired) electrons. The number of oxazole rings is 1. The topological polar surface area (TPSA) is 74.3 Å². The minimum atomic E-state index is -1.14. The predicted molar refractivity (Wildman–Crippen MR) is 115 cm³/mol. The highest BCUT2D eigenvalue weighted by molar-refractivity contribution is 5.77. The first kappa shape index (κ1) is 22.6. The fourth-order valence-corrected chi connectivity index (χ4v) is 3.84. The van der Waals surface area contributed by atoms with Crippen LogP contribution < -0.4 is 5.56 Å². The first-order valence-electron chi connectivity index (χ1n) is 10.5. The number of rotatable bonds is 5. The zero-order chi connectivity index (χ0) is 24.9. The van der Waals surface area contributed by atoms with E-state index in [0.29, 0.717) is 18.9 Å². The van der Waals surface area contributed by atoms with Crippen molar-refractivity contribution in [1.82, 2.24) is 9.55 Å². The molecular weight excluding hydrogens is 468 g/mol. The van der Waals surface area contributed by atoms with Crippen molar-refractivity contribution in [1.29, 1.82) is 0 Å². The molecule has 1 aliphatic carbocycles. The van der Waals surface area contributed by atoms with Gasteiger partial charge in [0.05, 0.1) is 0 Å². The number of esters is 1. The Morgan fingerprint density at radius 2 is 1.74 bits per heavy atom. The molecule has 6 nitrogen and oxygen atoms in total. The van der Waals surface area contributed by atoms with Gasteiger partial charge in [-0.05, 0) is 30.3 Å². The van der Waals surface area contributed by atoms with Gasteiger partial charge in [0, 0.05) is 49.2 Å². The molecule has 35 heavy (non-hydrogen) atoms. The Morgan fingerprint density at radius 3 is 2.37 bits per heavy atom. The van der Waals surface area contributed by atoms with Gasteiger partial charge >= 0.3 is 5.97 Å². The van der Waals surface area contributed by atoms with Gasteiger partial charge in [0.1, 0.15) is 34.7 Å². The summed E-state index contributed by atoms with van der Waals surface area (Å²) in [5.74, 6) is -4.33. The first-order chi connectivity index (χ1) is 16.7. The number of carbonyl (C=O) groups is 1. The van der Waals surface area contributed by atoms with Crippen LogP contribution >= 0.6 is 0 Å². The molecule has 1 saturated carbocycles. The minimum absolute atomic E-state index is 0.0174. The predicted octanol–water partition coefficient (Wildman–Crippen LogP) is 5.27. The molecule has 5 rings (SSSR count). The van der Waals surface area contributed by atoms with E-state index in [2.05, 4.69) is 4.98 Å². The van der Waals surface area contributed by atoms with Gasteiger partial charge in [-0.3, -0.25) is 14.2 Å². The molecule has 1 aliphatic rings. The number of ether oxygens (including phenoxy) is 1. The molecule has 2 aromatic heterocycles. The number of pyridine rings is 1. The lowest BCUT2D eigenvalue weighted by molar-refractivity contribution is -0.150. The van der Waals surface area contributed by atoms with Gasteiger partial charge in [0.15, 0.2) is 11.4 Å². The minimum Gasteiger partial charge on any atom is -0.449 e. The average Bonchev–Trinajstić information content (AvgIpc) is 3.42. The third-order valence-corrected chi connectivity index (χ3v) is 5.60. The van der Waals surface area contributed by atoms with Gasteiger partial charge in [-0.15, -0.1) is 0 Å². The van der Waals surface area contributed by atoms with Gasteiger partial charge in [0.25, 0.3) is 5.56 Å². The Kier molecular flexibility index (Phi) is 5.31.